The molecule has 0 aromatic heterocycles. The van der Waals surface area contributed by atoms with Crippen LogP contribution in [0.4, 0.5) is 79.0 Å². The Kier molecular flexibility index (Phi) is 8.99. The molecule has 0 amide bonds. The van der Waals surface area contributed by atoms with Crippen molar-refractivity contribution in [2.75, 3.05) is 0 Å². The molecule has 201 valence electrons. The van der Waals surface area contributed by atoms with Crippen LogP contribution < -0.4 is 4.13 Å². The first-order chi connectivity index (χ1) is 13.7. The van der Waals surface area contributed by atoms with Crippen LogP contribution in [0.5, 0.6) is 0 Å². The second kappa shape index (κ2) is 8.65. The summed E-state index contributed by atoms with van der Waals surface area (Å²) in [5.41, 5.74) is 0. The number of hydrogen-bond acceptors (Lipinski definition) is 4. The molecule has 0 atom stereocenters. The Labute approximate surface area is 186 Å². The van der Waals surface area contributed by atoms with E-state index in [1.807, 2.05) is 0 Å². The molecular weight excluding hydrogens is 587 g/mol. The van der Waals surface area contributed by atoms with E-state index in [1.54, 1.807) is 0 Å². The van der Waals surface area contributed by atoms with E-state index in [9.17, 15) is 95.9 Å². The summed E-state index contributed by atoms with van der Waals surface area (Å²) in [6, 6.07) is 0. The average molecular weight is 588 g/mol. The van der Waals surface area contributed by atoms with Gasteiger partial charge in [-0.25, -0.2) is 16.8 Å². The van der Waals surface area contributed by atoms with Gasteiger partial charge in [0, 0.05) is 18.9 Å². The first-order valence-corrected chi connectivity index (χ1v) is 9.35. The second-order valence-corrected chi connectivity index (χ2v) is 9.12. The third-order valence-corrected chi connectivity index (χ3v) is 6.74. The molecule has 1 radical (unpaired) electrons. The molecule has 1 N–H and O–H groups in total. The molecule has 0 aliphatic carbocycles. The fourth-order valence-corrected chi connectivity index (χ4v) is 4.23. The molecule has 0 unspecified atom stereocenters. The summed E-state index contributed by atoms with van der Waals surface area (Å²) in [6.45, 7) is 0. The molecule has 0 bridgehead atoms. The van der Waals surface area contributed by atoms with Crippen LogP contribution in [-0.2, 0) is 20.0 Å². The van der Waals surface area contributed by atoms with Crippen LogP contribution in [-0.4, -0.2) is 82.2 Å². The van der Waals surface area contributed by atoms with E-state index in [4.69, 9.17) is 0 Å². The van der Waals surface area contributed by atoms with E-state index in [-0.39, 0.29) is 18.9 Å². The fraction of sp³-hybridized carbons (Fsp3) is 1.00. The van der Waals surface area contributed by atoms with Crippen molar-refractivity contribution >= 4 is 38.9 Å². The zero-order valence-electron chi connectivity index (χ0n) is 14.8. The van der Waals surface area contributed by atoms with Gasteiger partial charge in [0.2, 0.25) is 0 Å². The van der Waals surface area contributed by atoms with Crippen LogP contribution in [0.3, 0.4) is 0 Å². The molecule has 0 rings (SSSR count). The van der Waals surface area contributed by atoms with E-state index < -0.39 is 70.7 Å². The van der Waals surface area contributed by atoms with Crippen molar-refractivity contribution in [2.24, 2.45) is 0 Å². The molecular formula is C8HF18LiNO4S2. The zero-order chi connectivity index (χ0) is 27.7. The maximum Gasteiger partial charge on any atom is 0.460 e. The SMILES string of the molecule is O=S(=O)(NS(=O)(=O)C(F)(F)C(F)(F)C(F)(F)C(F)(F)F)C(F)(F)C(F)(F)C(F)(F)C(F)(F)F.[Li]. The summed E-state index contributed by atoms with van der Waals surface area (Å²) in [5, 5.41) is -16.3. The number of alkyl halides is 18. The van der Waals surface area contributed by atoms with Crippen molar-refractivity contribution < 1.29 is 95.9 Å². The molecule has 0 fully saturated rings. The van der Waals surface area contributed by atoms with Crippen molar-refractivity contribution in [1.29, 1.82) is 0 Å². The van der Waals surface area contributed by atoms with E-state index in [0.717, 1.165) is 0 Å². The molecule has 0 aliphatic rings. The van der Waals surface area contributed by atoms with Crippen LogP contribution in [0, 0.1) is 0 Å². The normalized spacial score (nSPS) is 16.3. The largest absolute Gasteiger partial charge is 0.460 e. The molecule has 0 saturated carbocycles. The van der Waals surface area contributed by atoms with Gasteiger partial charge in [-0.05, 0) is 0 Å². The van der Waals surface area contributed by atoms with Gasteiger partial charge in [0.05, 0.1) is 0 Å². The Bertz CT molecular complexity index is 887. The van der Waals surface area contributed by atoms with Gasteiger partial charge < -0.3 is 0 Å². The summed E-state index contributed by atoms with van der Waals surface area (Å²) in [7, 11) is -17.4. The summed E-state index contributed by atoms with van der Waals surface area (Å²) >= 11 is 0. The van der Waals surface area contributed by atoms with E-state index in [2.05, 4.69) is 0 Å². The van der Waals surface area contributed by atoms with E-state index >= 15 is 0 Å². The van der Waals surface area contributed by atoms with Gasteiger partial charge in [0.1, 0.15) is 0 Å². The predicted octanol–water partition coefficient (Wildman–Crippen LogP) is 3.71. The van der Waals surface area contributed by atoms with Crippen LogP contribution in [0.15, 0.2) is 0 Å². The summed E-state index contributed by atoms with van der Waals surface area (Å²) < 4.78 is 268. The van der Waals surface area contributed by atoms with Crippen LogP contribution in [0.1, 0.15) is 0 Å². The number of halogens is 18. The Hall–Kier alpha value is -0.803. The maximum atomic E-state index is 13.2. The Morgan fingerprint density at radius 3 is 0.706 bits per heavy atom. The monoisotopic (exact) mass is 588 g/mol. The Morgan fingerprint density at radius 2 is 0.559 bits per heavy atom. The van der Waals surface area contributed by atoms with E-state index in [0.29, 0.717) is 0 Å². The topological polar surface area (TPSA) is 80.3 Å². The molecule has 0 saturated heterocycles. The average Bonchev–Trinajstić information content (AvgIpc) is 2.50. The van der Waals surface area contributed by atoms with Crippen molar-refractivity contribution in [3.05, 3.63) is 0 Å². The van der Waals surface area contributed by atoms with Crippen molar-refractivity contribution in [2.45, 2.75) is 46.6 Å². The van der Waals surface area contributed by atoms with Gasteiger partial charge in [-0.3, -0.25) is 0 Å². The van der Waals surface area contributed by atoms with Crippen LogP contribution >= 0.6 is 0 Å². The van der Waals surface area contributed by atoms with Crippen LogP contribution in [0.2, 0.25) is 0 Å². The van der Waals surface area contributed by atoms with Gasteiger partial charge in [-0.15, -0.1) is 0 Å². The van der Waals surface area contributed by atoms with Gasteiger partial charge in [-0.1, -0.05) is 4.13 Å². The van der Waals surface area contributed by atoms with E-state index in [1.165, 1.54) is 0 Å². The smallest absolute Gasteiger partial charge is 0.205 e. The Balaban J connectivity index is 0. The second-order valence-electron chi connectivity index (χ2n) is 5.42. The van der Waals surface area contributed by atoms with Gasteiger partial charge in [0.15, 0.2) is 0 Å². The number of rotatable bonds is 8. The Morgan fingerprint density at radius 1 is 0.382 bits per heavy atom. The minimum Gasteiger partial charge on any atom is -0.205 e. The third-order valence-electron chi connectivity index (χ3n) is 3.13. The van der Waals surface area contributed by atoms with Gasteiger partial charge >= 0.3 is 46.6 Å². The minimum absolute atomic E-state index is 0. The first-order valence-electron chi connectivity index (χ1n) is 6.38. The van der Waals surface area contributed by atoms with Crippen molar-refractivity contribution in [3.63, 3.8) is 0 Å². The summed E-state index contributed by atoms with van der Waals surface area (Å²) in [4.78, 5) is 0. The summed E-state index contributed by atoms with van der Waals surface area (Å²) in [6.07, 6.45) is -15.5. The first kappa shape index (κ1) is 35.4. The maximum absolute atomic E-state index is 13.2. The standard InChI is InChI=1S/C8HF18NO4S2.Li/c9-1(10,5(17,18)19)3(13,14)7(23,24)32(28,29)27-33(30,31)8(25,26)4(15,16)2(11,12)6(20,21)22;/h27H;. The molecule has 0 aliphatic heterocycles. The molecule has 0 aromatic carbocycles. The fourth-order valence-electron chi connectivity index (χ4n) is 1.31. The van der Waals surface area contributed by atoms with Crippen LogP contribution in [0.25, 0.3) is 0 Å². The van der Waals surface area contributed by atoms with Gasteiger partial charge in [-0.2, -0.15) is 79.0 Å². The number of hydrogen-bond donors (Lipinski definition) is 1. The quantitative estimate of drug-likeness (QED) is 0.347. The molecule has 0 aromatic rings. The zero-order valence-corrected chi connectivity index (χ0v) is 16.4. The minimum atomic E-state index is -8.68. The van der Waals surface area contributed by atoms with Gasteiger partial charge in [0.25, 0.3) is 20.0 Å². The van der Waals surface area contributed by atoms with Crippen molar-refractivity contribution in [3.8, 4) is 0 Å². The number of nitrogens with one attached hydrogen (secondary N) is 1. The molecule has 0 spiro atoms. The third kappa shape index (κ3) is 4.77. The molecule has 5 nitrogen and oxygen atoms in total. The molecule has 34 heavy (non-hydrogen) atoms. The summed E-state index contributed by atoms with van der Waals surface area (Å²) in [5.74, 6) is -32.9. The van der Waals surface area contributed by atoms with Crippen molar-refractivity contribution in [1.82, 2.24) is 4.13 Å². The predicted molar refractivity (Wildman–Crippen MR) is 68.5 cm³/mol. The molecule has 26 heteroatoms. The molecule has 0 heterocycles. The number of sulfonamides is 2.